The van der Waals surface area contributed by atoms with Crippen molar-refractivity contribution in [3.05, 3.63) is 11.6 Å². The van der Waals surface area contributed by atoms with E-state index in [2.05, 4.69) is 26.8 Å². The van der Waals surface area contributed by atoms with Crippen molar-refractivity contribution in [1.29, 1.82) is 0 Å². The van der Waals surface area contributed by atoms with Gasteiger partial charge in [0.15, 0.2) is 5.79 Å². The predicted octanol–water partition coefficient (Wildman–Crippen LogP) is 3.88. The van der Waals surface area contributed by atoms with Gasteiger partial charge in [0.2, 0.25) is 0 Å². The summed E-state index contributed by atoms with van der Waals surface area (Å²) in [7, 11) is 0. The first-order valence-electron chi connectivity index (χ1n) is 7.05. The molecule has 0 unspecified atom stereocenters. The fourth-order valence-electron chi connectivity index (χ4n) is 4.26. The monoisotopic (exact) mass is 270 g/mol. The van der Waals surface area contributed by atoms with Gasteiger partial charge in [-0.25, -0.2) is 0 Å². The van der Waals surface area contributed by atoms with Crippen molar-refractivity contribution in [3.63, 3.8) is 0 Å². The standard InChI is InChI=1S/C15H23ClO2/c1-13(2)11-5-4-6-12(16)14(11,3)7-8-15(13)17-9-10-18-15/h5,12H,4,6-10H2,1-3H3/t12-,14-/m0/s1. The third kappa shape index (κ3) is 1.49. The summed E-state index contributed by atoms with van der Waals surface area (Å²) >= 11 is 6.63. The van der Waals surface area contributed by atoms with Gasteiger partial charge in [0, 0.05) is 22.6 Å². The Kier molecular flexibility index (Phi) is 2.86. The van der Waals surface area contributed by atoms with E-state index >= 15 is 0 Å². The molecule has 3 heteroatoms. The lowest BCUT2D eigenvalue weighted by Crippen LogP contribution is -2.56. The van der Waals surface area contributed by atoms with E-state index in [1.54, 1.807) is 0 Å². The molecule has 2 nitrogen and oxygen atoms in total. The minimum atomic E-state index is -0.410. The fourth-order valence-corrected chi connectivity index (χ4v) is 4.61. The molecule has 1 heterocycles. The number of halogens is 1. The van der Waals surface area contributed by atoms with Gasteiger partial charge in [0.25, 0.3) is 0 Å². The van der Waals surface area contributed by atoms with Crippen molar-refractivity contribution in [2.24, 2.45) is 10.8 Å². The Hall–Kier alpha value is -0.0500. The molecule has 1 saturated carbocycles. The Bertz CT molecular complexity index is 382. The number of rotatable bonds is 0. The van der Waals surface area contributed by atoms with Crippen LogP contribution in [0.25, 0.3) is 0 Å². The summed E-state index contributed by atoms with van der Waals surface area (Å²) in [6, 6.07) is 0. The molecule has 3 aliphatic rings. The molecule has 102 valence electrons. The molecule has 1 aliphatic heterocycles. The highest BCUT2D eigenvalue weighted by molar-refractivity contribution is 6.21. The molecule has 1 spiro atoms. The summed E-state index contributed by atoms with van der Waals surface area (Å²) in [6.07, 6.45) is 6.59. The Labute approximate surface area is 115 Å². The molecule has 18 heavy (non-hydrogen) atoms. The van der Waals surface area contributed by atoms with Crippen molar-refractivity contribution in [2.45, 2.75) is 57.6 Å². The number of hydrogen-bond acceptors (Lipinski definition) is 2. The molecule has 2 atom stereocenters. The quantitative estimate of drug-likeness (QED) is 0.491. The summed E-state index contributed by atoms with van der Waals surface area (Å²) in [6.45, 7) is 8.28. The van der Waals surface area contributed by atoms with Crippen molar-refractivity contribution >= 4 is 11.6 Å². The van der Waals surface area contributed by atoms with E-state index in [1.807, 2.05) is 0 Å². The first-order valence-corrected chi connectivity index (χ1v) is 7.49. The molecular formula is C15H23ClO2. The topological polar surface area (TPSA) is 18.5 Å². The van der Waals surface area contributed by atoms with E-state index in [-0.39, 0.29) is 16.2 Å². The van der Waals surface area contributed by atoms with Gasteiger partial charge in [-0.15, -0.1) is 11.6 Å². The lowest BCUT2D eigenvalue weighted by molar-refractivity contribution is -0.239. The Morgan fingerprint density at radius 1 is 1.17 bits per heavy atom. The number of hydrogen-bond donors (Lipinski definition) is 0. The van der Waals surface area contributed by atoms with Gasteiger partial charge in [-0.05, 0) is 19.3 Å². The smallest absolute Gasteiger partial charge is 0.177 e. The van der Waals surface area contributed by atoms with Gasteiger partial charge in [-0.1, -0.05) is 32.4 Å². The zero-order valence-corrected chi connectivity index (χ0v) is 12.3. The first-order chi connectivity index (χ1) is 8.42. The largest absolute Gasteiger partial charge is 0.347 e. The molecule has 3 rings (SSSR count). The molecule has 0 aromatic rings. The number of allylic oxidation sites excluding steroid dienone is 1. The average Bonchev–Trinajstić information content (AvgIpc) is 2.79. The van der Waals surface area contributed by atoms with E-state index in [4.69, 9.17) is 21.1 Å². The molecule has 1 saturated heterocycles. The van der Waals surface area contributed by atoms with Crippen LogP contribution < -0.4 is 0 Å². The Morgan fingerprint density at radius 3 is 2.50 bits per heavy atom. The highest BCUT2D eigenvalue weighted by atomic mass is 35.5. The molecule has 0 amide bonds. The lowest BCUT2D eigenvalue weighted by Gasteiger charge is -2.57. The zero-order valence-electron chi connectivity index (χ0n) is 11.6. The Balaban J connectivity index is 2.04. The number of fused-ring (bicyclic) bond motifs is 1. The number of alkyl halides is 1. The molecule has 0 aromatic carbocycles. The van der Waals surface area contributed by atoms with Gasteiger partial charge in [0.1, 0.15) is 0 Å². The summed E-state index contributed by atoms with van der Waals surface area (Å²) in [5, 5.41) is 0.246. The van der Waals surface area contributed by atoms with Crippen LogP contribution in [0.3, 0.4) is 0 Å². The third-order valence-corrected chi connectivity index (χ3v) is 6.13. The second-order valence-electron chi connectivity index (χ2n) is 6.65. The maximum Gasteiger partial charge on any atom is 0.177 e. The predicted molar refractivity (Wildman–Crippen MR) is 72.7 cm³/mol. The van der Waals surface area contributed by atoms with E-state index < -0.39 is 5.79 Å². The van der Waals surface area contributed by atoms with Gasteiger partial charge in [0.05, 0.1) is 13.2 Å². The molecule has 0 aromatic heterocycles. The fraction of sp³-hybridized carbons (Fsp3) is 0.867. The molecule has 0 radical (unpaired) electrons. The van der Waals surface area contributed by atoms with Crippen LogP contribution in [0.1, 0.15) is 46.5 Å². The van der Waals surface area contributed by atoms with Crippen LogP contribution in [0.15, 0.2) is 11.6 Å². The van der Waals surface area contributed by atoms with Crippen molar-refractivity contribution in [2.75, 3.05) is 13.2 Å². The van der Waals surface area contributed by atoms with Crippen molar-refractivity contribution < 1.29 is 9.47 Å². The summed E-state index contributed by atoms with van der Waals surface area (Å²) in [4.78, 5) is 0. The molecule has 0 N–H and O–H groups in total. The minimum Gasteiger partial charge on any atom is -0.347 e. The normalized spacial score (nSPS) is 41.6. The molecule has 2 fully saturated rings. The SMILES string of the molecule is CC1(C)C2=CCC[C@H](Cl)[C@@]2(C)CCC12OCCO2. The van der Waals surface area contributed by atoms with Gasteiger partial charge in [-0.2, -0.15) is 0 Å². The third-order valence-electron chi connectivity index (χ3n) is 5.43. The Morgan fingerprint density at radius 2 is 1.83 bits per heavy atom. The molecule has 0 bridgehead atoms. The highest BCUT2D eigenvalue weighted by Crippen LogP contribution is 2.62. The first kappa shape index (κ1) is 13.0. The highest BCUT2D eigenvalue weighted by Gasteiger charge is 2.61. The van der Waals surface area contributed by atoms with Crippen LogP contribution in [-0.2, 0) is 9.47 Å². The van der Waals surface area contributed by atoms with Gasteiger partial charge < -0.3 is 9.47 Å². The van der Waals surface area contributed by atoms with E-state index in [1.165, 1.54) is 5.57 Å². The summed E-state index contributed by atoms with van der Waals surface area (Å²) < 4.78 is 12.0. The van der Waals surface area contributed by atoms with Crippen LogP contribution >= 0.6 is 11.6 Å². The van der Waals surface area contributed by atoms with Gasteiger partial charge >= 0.3 is 0 Å². The van der Waals surface area contributed by atoms with Crippen molar-refractivity contribution in [3.8, 4) is 0 Å². The summed E-state index contributed by atoms with van der Waals surface area (Å²) in [5.41, 5.74) is 1.49. The second-order valence-corrected chi connectivity index (χ2v) is 7.18. The van der Waals surface area contributed by atoms with Crippen LogP contribution in [-0.4, -0.2) is 24.4 Å². The summed E-state index contributed by atoms with van der Waals surface area (Å²) in [5.74, 6) is -0.410. The van der Waals surface area contributed by atoms with Crippen LogP contribution in [0, 0.1) is 10.8 Å². The van der Waals surface area contributed by atoms with Crippen LogP contribution in [0.5, 0.6) is 0 Å². The van der Waals surface area contributed by atoms with E-state index in [0.717, 1.165) is 38.9 Å². The van der Waals surface area contributed by atoms with E-state index in [9.17, 15) is 0 Å². The molecule has 2 aliphatic carbocycles. The minimum absolute atomic E-state index is 0.0793. The van der Waals surface area contributed by atoms with Crippen LogP contribution in [0.2, 0.25) is 0 Å². The average molecular weight is 271 g/mol. The zero-order chi connectivity index (χ0) is 13.0. The van der Waals surface area contributed by atoms with Crippen molar-refractivity contribution in [1.82, 2.24) is 0 Å². The maximum atomic E-state index is 6.63. The van der Waals surface area contributed by atoms with Crippen LogP contribution in [0.4, 0.5) is 0 Å². The van der Waals surface area contributed by atoms with E-state index in [0.29, 0.717) is 0 Å². The maximum absolute atomic E-state index is 6.63. The molecular weight excluding hydrogens is 248 g/mol. The number of ether oxygens (including phenoxy) is 2. The second kappa shape index (κ2) is 3.97. The lowest BCUT2D eigenvalue weighted by atomic mass is 9.54. The van der Waals surface area contributed by atoms with Gasteiger partial charge in [-0.3, -0.25) is 0 Å².